The molecule has 0 radical (unpaired) electrons. The summed E-state index contributed by atoms with van der Waals surface area (Å²) in [6.07, 6.45) is 1.50. The van der Waals surface area contributed by atoms with Gasteiger partial charge in [0.05, 0.1) is 17.4 Å². The van der Waals surface area contributed by atoms with Crippen molar-refractivity contribution in [1.29, 1.82) is 0 Å². The molecule has 0 amide bonds. The monoisotopic (exact) mass is 261 g/mol. The summed E-state index contributed by atoms with van der Waals surface area (Å²) in [7, 11) is -2.88. The van der Waals surface area contributed by atoms with Crippen LogP contribution in [0.2, 0.25) is 0 Å². The van der Waals surface area contributed by atoms with Gasteiger partial charge in [-0.3, -0.25) is 4.79 Å². The van der Waals surface area contributed by atoms with E-state index in [0.29, 0.717) is 12.8 Å². The first-order valence-electron chi connectivity index (χ1n) is 6.12. The number of rotatable bonds is 2. The lowest BCUT2D eigenvalue weighted by Crippen LogP contribution is -2.35. The summed E-state index contributed by atoms with van der Waals surface area (Å²) in [4.78, 5) is 11.9. The van der Waals surface area contributed by atoms with Crippen molar-refractivity contribution in [3.8, 4) is 0 Å². The molecule has 6 heteroatoms. The van der Waals surface area contributed by atoms with E-state index in [1.807, 2.05) is 6.92 Å². The van der Waals surface area contributed by atoms with Gasteiger partial charge in [-0.05, 0) is 32.7 Å². The maximum absolute atomic E-state index is 11.9. The maximum Gasteiger partial charge on any atom is 0.310 e. The van der Waals surface area contributed by atoms with Crippen LogP contribution in [0.3, 0.4) is 0 Å². The van der Waals surface area contributed by atoms with E-state index in [2.05, 4.69) is 5.32 Å². The van der Waals surface area contributed by atoms with Crippen LogP contribution < -0.4 is 5.32 Å². The van der Waals surface area contributed by atoms with E-state index in [1.165, 1.54) is 0 Å². The second-order valence-corrected chi connectivity index (χ2v) is 7.23. The van der Waals surface area contributed by atoms with Crippen molar-refractivity contribution < 1.29 is 17.9 Å². The quantitative estimate of drug-likeness (QED) is 0.714. The van der Waals surface area contributed by atoms with Gasteiger partial charge in [-0.15, -0.1) is 0 Å². The summed E-state index contributed by atoms with van der Waals surface area (Å²) in [5, 5.41) is 3.20. The smallest absolute Gasteiger partial charge is 0.310 e. The molecule has 2 rings (SSSR count). The average Bonchev–Trinajstić information content (AvgIpc) is 2.68. The molecule has 2 fully saturated rings. The molecule has 0 aromatic rings. The van der Waals surface area contributed by atoms with Crippen LogP contribution >= 0.6 is 0 Å². The Bertz CT molecular complexity index is 378. The van der Waals surface area contributed by atoms with E-state index in [9.17, 15) is 13.2 Å². The Morgan fingerprint density at radius 1 is 1.24 bits per heavy atom. The second kappa shape index (κ2) is 4.94. The number of nitrogens with one attached hydrogen (secondary N) is 1. The molecular weight excluding hydrogens is 242 g/mol. The highest BCUT2D eigenvalue weighted by molar-refractivity contribution is 7.91. The van der Waals surface area contributed by atoms with Crippen LogP contribution in [0, 0.1) is 5.92 Å². The Morgan fingerprint density at radius 3 is 2.41 bits per heavy atom. The van der Waals surface area contributed by atoms with Crippen molar-refractivity contribution in [2.75, 3.05) is 18.1 Å². The van der Waals surface area contributed by atoms with Gasteiger partial charge in [0.15, 0.2) is 9.84 Å². The van der Waals surface area contributed by atoms with Crippen LogP contribution in [-0.4, -0.2) is 44.6 Å². The minimum Gasteiger partial charge on any atom is -0.462 e. The molecule has 2 aliphatic rings. The molecule has 2 saturated heterocycles. The van der Waals surface area contributed by atoms with Gasteiger partial charge in [0.2, 0.25) is 0 Å². The molecule has 2 aliphatic heterocycles. The third kappa shape index (κ3) is 3.19. The first kappa shape index (κ1) is 12.8. The Labute approximate surface area is 102 Å². The normalized spacial score (nSPS) is 33.5. The molecule has 98 valence electrons. The number of hydrogen-bond acceptors (Lipinski definition) is 5. The number of ether oxygens (including phenoxy) is 1. The highest BCUT2D eigenvalue weighted by atomic mass is 32.2. The van der Waals surface area contributed by atoms with Crippen molar-refractivity contribution in [3.63, 3.8) is 0 Å². The first-order valence-corrected chi connectivity index (χ1v) is 7.94. The third-order valence-electron chi connectivity index (χ3n) is 3.61. The van der Waals surface area contributed by atoms with Gasteiger partial charge < -0.3 is 10.1 Å². The summed E-state index contributed by atoms with van der Waals surface area (Å²) in [6, 6.07) is 0.162. The fourth-order valence-corrected chi connectivity index (χ4v) is 3.87. The molecule has 17 heavy (non-hydrogen) atoms. The van der Waals surface area contributed by atoms with Gasteiger partial charge in [0, 0.05) is 6.04 Å². The van der Waals surface area contributed by atoms with E-state index >= 15 is 0 Å². The van der Waals surface area contributed by atoms with Gasteiger partial charge >= 0.3 is 5.97 Å². The number of carbonyl (C=O) groups excluding carboxylic acids is 1. The number of hydrogen-bond donors (Lipinski definition) is 1. The van der Waals surface area contributed by atoms with Crippen molar-refractivity contribution in [2.24, 2.45) is 5.92 Å². The van der Waals surface area contributed by atoms with E-state index in [0.717, 1.165) is 13.0 Å². The summed E-state index contributed by atoms with van der Waals surface area (Å²) < 4.78 is 27.9. The molecule has 0 aliphatic carbocycles. The molecule has 5 nitrogen and oxygen atoms in total. The van der Waals surface area contributed by atoms with Gasteiger partial charge in [-0.1, -0.05) is 0 Å². The fourth-order valence-electron chi connectivity index (χ4n) is 2.42. The zero-order valence-corrected chi connectivity index (χ0v) is 10.8. The highest BCUT2D eigenvalue weighted by Crippen LogP contribution is 2.21. The Hall–Kier alpha value is -0.620. The Kier molecular flexibility index (Phi) is 3.73. The second-order valence-electron chi connectivity index (χ2n) is 4.93. The number of esters is 1. The summed E-state index contributed by atoms with van der Waals surface area (Å²) in [5.41, 5.74) is 0. The molecule has 0 aromatic carbocycles. The van der Waals surface area contributed by atoms with Crippen LogP contribution in [-0.2, 0) is 19.4 Å². The molecule has 2 atom stereocenters. The zero-order valence-electron chi connectivity index (χ0n) is 10.0. The van der Waals surface area contributed by atoms with E-state index in [4.69, 9.17) is 4.74 Å². The van der Waals surface area contributed by atoms with Crippen LogP contribution in [0.4, 0.5) is 0 Å². The molecule has 0 bridgehead atoms. The lowest BCUT2D eigenvalue weighted by atomic mass is 10.0. The summed E-state index contributed by atoms with van der Waals surface area (Å²) >= 11 is 0. The average molecular weight is 261 g/mol. The lowest BCUT2D eigenvalue weighted by molar-refractivity contribution is -0.154. The Morgan fingerprint density at radius 2 is 1.88 bits per heavy atom. The predicted molar refractivity (Wildman–Crippen MR) is 63.3 cm³/mol. The molecular formula is C11H19NO4S. The van der Waals surface area contributed by atoms with E-state index < -0.39 is 9.84 Å². The van der Waals surface area contributed by atoms with Gasteiger partial charge in [0.1, 0.15) is 6.10 Å². The number of carbonyl (C=O) groups is 1. The van der Waals surface area contributed by atoms with Crippen molar-refractivity contribution in [1.82, 2.24) is 5.32 Å². The Balaban J connectivity index is 1.84. The molecule has 0 unspecified atom stereocenters. The minimum absolute atomic E-state index is 0.0754. The lowest BCUT2D eigenvalue weighted by Gasteiger charge is -2.24. The predicted octanol–water partition coefficient (Wildman–Crippen LogP) is 0.105. The maximum atomic E-state index is 11.9. The van der Waals surface area contributed by atoms with E-state index in [1.54, 1.807) is 0 Å². The summed E-state index contributed by atoms with van der Waals surface area (Å²) in [6.45, 7) is 2.82. The van der Waals surface area contributed by atoms with Crippen LogP contribution in [0.25, 0.3) is 0 Å². The van der Waals surface area contributed by atoms with Crippen molar-refractivity contribution >= 4 is 15.8 Å². The standard InChI is InChI=1S/C11H19NO4S/c1-8-10(2-5-12-8)11(13)16-9-3-6-17(14,15)7-4-9/h8-10,12H,2-7H2,1H3/t8-,10+/m1/s1. The SMILES string of the molecule is C[C@H]1NCC[C@@H]1C(=O)OC1CCS(=O)(=O)CC1. The molecule has 2 heterocycles. The van der Waals surface area contributed by atoms with E-state index in [-0.39, 0.29) is 35.5 Å². The molecule has 0 aromatic heterocycles. The minimum atomic E-state index is -2.88. The number of sulfone groups is 1. The topological polar surface area (TPSA) is 72.5 Å². The summed E-state index contributed by atoms with van der Waals surface area (Å²) in [5.74, 6) is 0.0349. The molecule has 0 saturated carbocycles. The first-order chi connectivity index (χ1) is 7.98. The van der Waals surface area contributed by atoms with Gasteiger partial charge in [-0.25, -0.2) is 8.42 Å². The van der Waals surface area contributed by atoms with Crippen molar-refractivity contribution in [2.45, 2.75) is 38.3 Å². The van der Waals surface area contributed by atoms with Crippen molar-refractivity contribution in [3.05, 3.63) is 0 Å². The van der Waals surface area contributed by atoms with Gasteiger partial charge in [0.25, 0.3) is 0 Å². The highest BCUT2D eigenvalue weighted by Gasteiger charge is 2.33. The fraction of sp³-hybridized carbons (Fsp3) is 0.909. The van der Waals surface area contributed by atoms with Crippen LogP contribution in [0.15, 0.2) is 0 Å². The zero-order chi connectivity index (χ0) is 12.5. The van der Waals surface area contributed by atoms with Crippen LogP contribution in [0.5, 0.6) is 0 Å². The molecule has 1 N–H and O–H groups in total. The van der Waals surface area contributed by atoms with Gasteiger partial charge in [-0.2, -0.15) is 0 Å². The largest absolute Gasteiger partial charge is 0.462 e. The third-order valence-corrected chi connectivity index (χ3v) is 5.33. The van der Waals surface area contributed by atoms with Crippen LogP contribution in [0.1, 0.15) is 26.2 Å². The molecule has 0 spiro atoms.